The van der Waals surface area contributed by atoms with Crippen molar-refractivity contribution >= 4 is 23.3 Å². The van der Waals surface area contributed by atoms with E-state index in [-0.39, 0.29) is 18.0 Å². The molecule has 128 valence electrons. The number of benzene rings is 1. The number of urea groups is 1. The molecule has 1 aromatic heterocycles. The van der Waals surface area contributed by atoms with Crippen LogP contribution in [-0.2, 0) is 7.05 Å². The van der Waals surface area contributed by atoms with Gasteiger partial charge >= 0.3 is 6.03 Å². The van der Waals surface area contributed by atoms with Crippen molar-refractivity contribution < 1.29 is 9.59 Å². The monoisotopic (exact) mass is 329 g/mol. The van der Waals surface area contributed by atoms with Crippen LogP contribution < -0.4 is 16.0 Å². The van der Waals surface area contributed by atoms with E-state index in [0.717, 1.165) is 5.69 Å². The molecule has 0 atom stereocenters. The van der Waals surface area contributed by atoms with Crippen molar-refractivity contribution in [3.8, 4) is 0 Å². The first-order valence-electron chi connectivity index (χ1n) is 7.77. The van der Waals surface area contributed by atoms with Gasteiger partial charge in [0.2, 0.25) is 0 Å². The van der Waals surface area contributed by atoms with Gasteiger partial charge in [-0.1, -0.05) is 6.07 Å². The first kappa shape index (κ1) is 17.5. The van der Waals surface area contributed by atoms with Crippen LogP contribution in [0.5, 0.6) is 0 Å². The summed E-state index contributed by atoms with van der Waals surface area (Å²) in [4.78, 5) is 24.2. The van der Waals surface area contributed by atoms with Crippen LogP contribution in [0.4, 0.5) is 16.2 Å². The maximum Gasteiger partial charge on any atom is 0.319 e. The van der Waals surface area contributed by atoms with E-state index in [1.54, 1.807) is 42.9 Å². The Balaban J connectivity index is 2.12. The lowest BCUT2D eigenvalue weighted by Crippen LogP contribution is -2.34. The molecule has 7 nitrogen and oxygen atoms in total. The summed E-state index contributed by atoms with van der Waals surface area (Å²) in [7, 11) is 1.80. The number of nitrogens with zero attached hydrogens (tertiary/aromatic N) is 2. The molecule has 0 radical (unpaired) electrons. The summed E-state index contributed by atoms with van der Waals surface area (Å²) in [6.45, 7) is 7.42. The zero-order chi connectivity index (χ0) is 17.9. The molecule has 0 saturated heterocycles. The van der Waals surface area contributed by atoms with E-state index in [1.165, 1.54) is 0 Å². The molecular weight excluding hydrogens is 306 g/mol. The molecular formula is C17H23N5O2. The molecule has 0 fully saturated rings. The van der Waals surface area contributed by atoms with Crippen molar-refractivity contribution in [3.63, 3.8) is 0 Å². The van der Waals surface area contributed by atoms with E-state index in [0.29, 0.717) is 22.6 Å². The molecule has 0 aliphatic rings. The minimum absolute atomic E-state index is 0.0458. The third kappa shape index (κ3) is 4.13. The number of carbonyl (C=O) groups excluding carboxylic acids is 2. The van der Waals surface area contributed by atoms with Crippen LogP contribution in [0.25, 0.3) is 0 Å². The van der Waals surface area contributed by atoms with E-state index >= 15 is 0 Å². The van der Waals surface area contributed by atoms with Gasteiger partial charge in [0, 0.05) is 30.2 Å². The summed E-state index contributed by atoms with van der Waals surface area (Å²) >= 11 is 0. The molecule has 24 heavy (non-hydrogen) atoms. The van der Waals surface area contributed by atoms with Gasteiger partial charge < -0.3 is 16.0 Å². The van der Waals surface area contributed by atoms with Crippen LogP contribution in [0.3, 0.4) is 0 Å². The maximum absolute atomic E-state index is 12.5. The number of rotatable bonds is 4. The molecule has 3 N–H and O–H groups in total. The number of aryl methyl sites for hydroxylation is 2. The summed E-state index contributed by atoms with van der Waals surface area (Å²) in [6, 6.07) is 6.76. The van der Waals surface area contributed by atoms with Gasteiger partial charge in [-0.05, 0) is 45.9 Å². The number of aromatic nitrogens is 2. The Bertz CT molecular complexity index is 764. The first-order valence-corrected chi connectivity index (χ1v) is 7.77. The average Bonchev–Trinajstić information content (AvgIpc) is 2.71. The second-order valence-corrected chi connectivity index (χ2v) is 5.96. The van der Waals surface area contributed by atoms with Gasteiger partial charge in [0.15, 0.2) is 0 Å². The number of carbonyl (C=O) groups is 2. The fourth-order valence-electron chi connectivity index (χ4n) is 2.40. The topological polar surface area (TPSA) is 88.1 Å². The minimum atomic E-state index is -0.285. The Kier molecular flexibility index (Phi) is 5.23. The van der Waals surface area contributed by atoms with E-state index in [4.69, 9.17) is 0 Å². The Hall–Kier alpha value is -2.83. The fourth-order valence-corrected chi connectivity index (χ4v) is 2.40. The normalized spacial score (nSPS) is 10.6. The molecule has 1 heterocycles. The van der Waals surface area contributed by atoms with Crippen molar-refractivity contribution in [2.45, 2.75) is 33.7 Å². The Morgan fingerprint density at radius 2 is 1.75 bits per heavy atom. The summed E-state index contributed by atoms with van der Waals surface area (Å²) in [5, 5.41) is 12.6. The molecule has 0 aliphatic carbocycles. The van der Waals surface area contributed by atoms with E-state index in [1.807, 2.05) is 20.8 Å². The van der Waals surface area contributed by atoms with Gasteiger partial charge in [-0.25, -0.2) is 4.79 Å². The van der Waals surface area contributed by atoms with Crippen molar-refractivity contribution in [3.05, 3.63) is 41.2 Å². The second kappa shape index (κ2) is 7.16. The summed E-state index contributed by atoms with van der Waals surface area (Å²) < 4.78 is 1.68. The number of anilines is 2. The van der Waals surface area contributed by atoms with Crippen LogP contribution in [-0.4, -0.2) is 27.8 Å². The Labute approximate surface area is 141 Å². The number of nitrogens with one attached hydrogen (secondary N) is 3. The maximum atomic E-state index is 12.5. The molecule has 1 aromatic carbocycles. The van der Waals surface area contributed by atoms with E-state index < -0.39 is 0 Å². The van der Waals surface area contributed by atoms with Gasteiger partial charge in [-0.15, -0.1) is 0 Å². The molecule has 3 amide bonds. The lowest BCUT2D eigenvalue weighted by Gasteiger charge is -2.11. The fraction of sp³-hybridized carbons (Fsp3) is 0.353. The molecule has 0 spiro atoms. The van der Waals surface area contributed by atoms with Gasteiger partial charge in [-0.3, -0.25) is 9.48 Å². The Morgan fingerprint density at radius 1 is 1.12 bits per heavy atom. The third-order valence-electron chi connectivity index (χ3n) is 3.53. The van der Waals surface area contributed by atoms with Crippen LogP contribution in [0, 0.1) is 13.8 Å². The predicted octanol–water partition coefficient (Wildman–Crippen LogP) is 2.82. The number of hydrogen-bond donors (Lipinski definition) is 3. The van der Waals surface area contributed by atoms with E-state index in [9.17, 15) is 9.59 Å². The number of amides is 3. The third-order valence-corrected chi connectivity index (χ3v) is 3.53. The van der Waals surface area contributed by atoms with Gasteiger partial charge in [0.1, 0.15) is 0 Å². The van der Waals surface area contributed by atoms with Gasteiger partial charge in [0.05, 0.1) is 11.3 Å². The van der Waals surface area contributed by atoms with Gasteiger partial charge in [-0.2, -0.15) is 5.10 Å². The quantitative estimate of drug-likeness (QED) is 0.806. The van der Waals surface area contributed by atoms with Crippen LogP contribution in [0.15, 0.2) is 24.3 Å². The van der Waals surface area contributed by atoms with Crippen molar-refractivity contribution in [2.24, 2.45) is 7.05 Å². The lowest BCUT2D eigenvalue weighted by atomic mass is 10.1. The smallest absolute Gasteiger partial charge is 0.319 e. The molecule has 2 aromatic rings. The molecule has 2 rings (SSSR count). The SMILES string of the molecule is Cc1nn(C)c(C)c1C(=O)Nc1cccc(NC(=O)NC(C)C)c1. The molecule has 0 bridgehead atoms. The summed E-state index contributed by atoms with van der Waals surface area (Å²) in [6.07, 6.45) is 0. The standard InChI is InChI=1S/C17H23N5O2/c1-10(2)18-17(24)20-14-8-6-7-13(9-14)19-16(23)15-11(3)21-22(5)12(15)4/h6-10H,1-5H3,(H,19,23)(H2,18,20,24). The highest BCUT2D eigenvalue weighted by molar-refractivity contribution is 6.06. The molecule has 0 aliphatic heterocycles. The summed E-state index contributed by atoms with van der Waals surface area (Å²) in [5.74, 6) is -0.220. The largest absolute Gasteiger partial charge is 0.336 e. The lowest BCUT2D eigenvalue weighted by molar-refractivity contribution is 0.102. The van der Waals surface area contributed by atoms with Crippen LogP contribution in [0.2, 0.25) is 0 Å². The number of hydrogen-bond acceptors (Lipinski definition) is 3. The highest BCUT2D eigenvalue weighted by Crippen LogP contribution is 2.18. The van der Waals surface area contributed by atoms with Crippen molar-refractivity contribution in [2.75, 3.05) is 10.6 Å². The van der Waals surface area contributed by atoms with Crippen molar-refractivity contribution in [1.82, 2.24) is 15.1 Å². The second-order valence-electron chi connectivity index (χ2n) is 5.96. The minimum Gasteiger partial charge on any atom is -0.336 e. The van der Waals surface area contributed by atoms with Crippen LogP contribution in [0.1, 0.15) is 35.6 Å². The zero-order valence-corrected chi connectivity index (χ0v) is 14.6. The average molecular weight is 329 g/mol. The highest BCUT2D eigenvalue weighted by Gasteiger charge is 2.17. The first-order chi connectivity index (χ1) is 11.3. The molecule has 0 saturated carbocycles. The molecule has 0 unspecified atom stereocenters. The highest BCUT2D eigenvalue weighted by atomic mass is 16.2. The zero-order valence-electron chi connectivity index (χ0n) is 14.6. The van der Waals surface area contributed by atoms with Crippen molar-refractivity contribution in [1.29, 1.82) is 0 Å². The van der Waals surface area contributed by atoms with E-state index in [2.05, 4.69) is 21.0 Å². The van der Waals surface area contributed by atoms with Gasteiger partial charge in [0.25, 0.3) is 5.91 Å². The summed E-state index contributed by atoms with van der Waals surface area (Å²) in [5.41, 5.74) is 3.25. The van der Waals surface area contributed by atoms with Crippen LogP contribution >= 0.6 is 0 Å². The Morgan fingerprint density at radius 3 is 2.29 bits per heavy atom. The molecule has 7 heteroatoms. The predicted molar refractivity (Wildman–Crippen MR) is 94.4 cm³/mol.